The van der Waals surface area contributed by atoms with Crippen LogP contribution in [0.15, 0.2) is 29.8 Å². The Kier molecular flexibility index (Phi) is 1.92. The summed E-state index contributed by atoms with van der Waals surface area (Å²) in [6.07, 6.45) is 2.31. The molecule has 0 spiro atoms. The van der Waals surface area contributed by atoms with Gasteiger partial charge in [-0.15, -0.1) is 0 Å². The molecule has 0 nitrogen and oxygen atoms in total. The number of benzene rings is 1. The second-order valence-corrected chi connectivity index (χ2v) is 4.39. The van der Waals surface area contributed by atoms with Crippen LogP contribution in [0.5, 0.6) is 0 Å². The van der Waals surface area contributed by atoms with Gasteiger partial charge in [0.05, 0.1) is 0 Å². The average molecular weight is 152 g/mol. The van der Waals surface area contributed by atoms with Crippen LogP contribution in [0.4, 0.5) is 0 Å². The van der Waals surface area contributed by atoms with Gasteiger partial charge in [-0.25, -0.2) is 0 Å². The van der Waals surface area contributed by atoms with Crippen LogP contribution < -0.4 is 0 Å². The van der Waals surface area contributed by atoms with Crippen molar-refractivity contribution in [2.24, 2.45) is 0 Å². The van der Waals surface area contributed by atoms with E-state index < -0.39 is 0 Å². The number of rotatable bonds is 0. The van der Waals surface area contributed by atoms with E-state index in [9.17, 15) is 0 Å². The normalized spacial score (nSPS) is 21.4. The van der Waals surface area contributed by atoms with E-state index in [-0.39, 0.29) is 0 Å². The van der Waals surface area contributed by atoms with Gasteiger partial charge in [-0.05, 0) is 0 Å². The van der Waals surface area contributed by atoms with E-state index in [2.05, 4.69) is 37.3 Å². The van der Waals surface area contributed by atoms with Crippen molar-refractivity contribution < 1.29 is 0 Å². The fraction of sp³-hybridized carbons (Fsp3) is 0.200. The van der Waals surface area contributed by atoms with E-state index in [1.807, 2.05) is 0 Å². The van der Waals surface area contributed by atoms with Gasteiger partial charge in [0.25, 0.3) is 0 Å². The molecule has 1 aliphatic carbocycles. The number of hydrogen-bond acceptors (Lipinski definition) is 0. The van der Waals surface area contributed by atoms with Crippen molar-refractivity contribution in [3.8, 4) is 0 Å². The van der Waals surface area contributed by atoms with Crippen LogP contribution in [0.1, 0.15) is 21.2 Å². The zero-order chi connectivity index (χ0) is 7.84. The topological polar surface area (TPSA) is 0 Å². The molecule has 0 N–H and O–H groups in total. The zero-order valence-electron chi connectivity index (χ0n) is 6.96. The van der Waals surface area contributed by atoms with Gasteiger partial charge in [0.15, 0.2) is 0 Å². The van der Waals surface area contributed by atoms with Crippen molar-refractivity contribution in [2.45, 2.75) is 10.1 Å². The number of fused-ring (bicyclic) bond motifs is 1. The first kappa shape index (κ1) is 7.60. The van der Waals surface area contributed by atoms with E-state index in [1.165, 1.54) is 44.6 Å². The molecule has 0 amide bonds. The summed E-state index contributed by atoms with van der Waals surface area (Å²) in [7, 11) is 0. The van der Waals surface area contributed by atoms with Gasteiger partial charge in [-0.1, -0.05) is 0 Å². The monoisotopic (exact) mass is 152 g/mol. The van der Waals surface area contributed by atoms with Crippen LogP contribution >= 0.6 is 0 Å². The number of hydrogen-bond donors (Lipinski definition) is 0. The molecule has 0 heterocycles. The Balaban J connectivity index is 2.58. The van der Waals surface area contributed by atoms with E-state index in [4.69, 9.17) is 0 Å². The van der Waals surface area contributed by atoms with E-state index in [0.717, 1.165) is 3.17 Å². The second-order valence-electron chi connectivity index (χ2n) is 3.24. The molecule has 0 aliphatic heterocycles. The molecule has 2 rings (SSSR count). The SMILES string of the molecule is CC1=Cc2ccccc2[CH]1[Na]. The molecular weight excluding hydrogens is 143 g/mol. The van der Waals surface area contributed by atoms with Crippen LogP contribution in [0.25, 0.3) is 6.08 Å². The van der Waals surface area contributed by atoms with E-state index >= 15 is 0 Å². The van der Waals surface area contributed by atoms with Gasteiger partial charge < -0.3 is 0 Å². The Morgan fingerprint density at radius 3 is 2.73 bits per heavy atom. The van der Waals surface area contributed by atoms with Crippen molar-refractivity contribution in [1.29, 1.82) is 0 Å². The minimum atomic E-state index is 0.770. The van der Waals surface area contributed by atoms with Crippen molar-refractivity contribution >= 4 is 34.0 Å². The Bertz CT molecular complexity index is 312. The summed E-state index contributed by atoms with van der Waals surface area (Å²) in [6, 6.07) is 8.70. The molecule has 50 valence electrons. The van der Waals surface area contributed by atoms with E-state index in [0.29, 0.717) is 0 Å². The molecule has 0 fully saturated rings. The maximum atomic E-state index is 2.31. The standard InChI is InChI=1S/C10H9.Na/c1-8-6-9-4-2-3-5-10(9)7-8;/h2-7H,1H3;. The number of allylic oxidation sites excluding steroid dienone is 1. The van der Waals surface area contributed by atoms with Crippen LogP contribution in [0.2, 0.25) is 0 Å². The van der Waals surface area contributed by atoms with Gasteiger partial charge in [0, 0.05) is 0 Å². The summed E-state index contributed by atoms with van der Waals surface area (Å²) in [4.78, 5) is 0. The van der Waals surface area contributed by atoms with Crippen LogP contribution in [-0.2, 0) is 0 Å². The second kappa shape index (κ2) is 2.78. The molecule has 1 aromatic rings. The van der Waals surface area contributed by atoms with Crippen molar-refractivity contribution in [3.63, 3.8) is 0 Å². The predicted molar refractivity (Wildman–Crippen MR) is 48.6 cm³/mol. The Morgan fingerprint density at radius 2 is 2.00 bits per heavy atom. The van der Waals surface area contributed by atoms with Crippen molar-refractivity contribution in [3.05, 3.63) is 41.0 Å². The fourth-order valence-electron chi connectivity index (χ4n) is 1.65. The first-order valence-corrected chi connectivity index (χ1v) is 5.21. The molecule has 1 heteroatoms. The van der Waals surface area contributed by atoms with Gasteiger partial charge in [0.2, 0.25) is 0 Å². The molecule has 11 heavy (non-hydrogen) atoms. The Morgan fingerprint density at radius 1 is 1.27 bits per heavy atom. The predicted octanol–water partition coefficient (Wildman–Crippen LogP) is 2.31. The Labute approximate surface area is 84.7 Å². The van der Waals surface area contributed by atoms with Crippen LogP contribution in [-0.4, -0.2) is 27.9 Å². The van der Waals surface area contributed by atoms with Crippen LogP contribution in [0.3, 0.4) is 0 Å². The van der Waals surface area contributed by atoms with E-state index in [1.54, 1.807) is 0 Å². The summed E-state index contributed by atoms with van der Waals surface area (Å²) in [5.74, 6) is 0. The first-order valence-electron chi connectivity index (χ1n) is 4.06. The third-order valence-electron chi connectivity index (χ3n) is 2.53. The molecule has 1 aromatic carbocycles. The summed E-state index contributed by atoms with van der Waals surface area (Å²) >= 11 is 1.24. The molecule has 0 aromatic heterocycles. The van der Waals surface area contributed by atoms with Crippen LogP contribution in [0, 0.1) is 0 Å². The van der Waals surface area contributed by atoms with Crippen molar-refractivity contribution in [2.75, 3.05) is 0 Å². The molecule has 0 saturated carbocycles. The minimum absolute atomic E-state index is 0.770. The fourth-order valence-corrected chi connectivity index (χ4v) is 2.34. The third kappa shape index (κ3) is 1.20. The van der Waals surface area contributed by atoms with Gasteiger partial charge >= 0.3 is 85.1 Å². The van der Waals surface area contributed by atoms with Crippen molar-refractivity contribution in [1.82, 2.24) is 0 Å². The molecule has 1 atom stereocenters. The summed E-state index contributed by atoms with van der Waals surface area (Å²) in [5.41, 5.74) is 4.51. The summed E-state index contributed by atoms with van der Waals surface area (Å²) in [6.45, 7) is 2.23. The molecular formula is C10H9Na. The van der Waals surface area contributed by atoms with Gasteiger partial charge in [-0.3, -0.25) is 0 Å². The quantitative estimate of drug-likeness (QED) is 0.500. The third-order valence-corrected chi connectivity index (χ3v) is 4.06. The van der Waals surface area contributed by atoms with Gasteiger partial charge in [-0.2, -0.15) is 0 Å². The summed E-state index contributed by atoms with van der Waals surface area (Å²) in [5, 5.41) is 0. The molecule has 1 unspecified atom stereocenters. The Hall–Kier alpha value is -0.0400. The summed E-state index contributed by atoms with van der Waals surface area (Å²) < 4.78 is 0.770. The zero-order valence-corrected chi connectivity index (χ0v) is 8.96. The average Bonchev–Trinajstić information content (AvgIpc) is 2.30. The first-order chi connectivity index (χ1) is 5.29. The maximum absolute atomic E-state index is 2.31. The molecule has 0 saturated heterocycles. The molecule has 0 bridgehead atoms. The molecule has 1 aliphatic rings. The molecule has 0 radical (unpaired) electrons. The van der Waals surface area contributed by atoms with Gasteiger partial charge in [0.1, 0.15) is 0 Å².